The van der Waals surface area contributed by atoms with Crippen LogP contribution in [0.5, 0.6) is 5.75 Å². The van der Waals surface area contributed by atoms with Gasteiger partial charge < -0.3 is 9.84 Å². The molecule has 0 heterocycles. The van der Waals surface area contributed by atoms with Gasteiger partial charge in [-0.05, 0) is 42.9 Å². The number of aliphatic carboxylic acids is 1. The lowest BCUT2D eigenvalue weighted by Gasteiger charge is -2.38. The van der Waals surface area contributed by atoms with Crippen molar-refractivity contribution in [3.05, 3.63) is 29.8 Å². The molecule has 4 heteroatoms. The molecule has 1 N–H and O–H groups in total. The van der Waals surface area contributed by atoms with Crippen LogP contribution in [0.2, 0.25) is 0 Å². The average molecular weight is 306 g/mol. The Hall–Kier alpha value is -1.42. The normalized spacial score (nSPS) is 27.3. The predicted molar refractivity (Wildman–Crippen MR) is 86.9 cm³/mol. The average Bonchev–Trinajstić information content (AvgIpc) is 2.70. The summed E-state index contributed by atoms with van der Waals surface area (Å²) in [4.78, 5) is 12.5. The predicted octanol–water partition coefficient (Wildman–Crippen LogP) is 3.94. The van der Waals surface area contributed by atoms with Crippen molar-refractivity contribution in [3.8, 4) is 5.75 Å². The van der Waals surface area contributed by atoms with E-state index in [0.717, 1.165) is 22.6 Å². The van der Waals surface area contributed by atoms with E-state index in [0.29, 0.717) is 6.42 Å². The first-order chi connectivity index (χ1) is 9.74. The maximum Gasteiger partial charge on any atom is 0.309 e. The van der Waals surface area contributed by atoms with E-state index >= 15 is 0 Å². The third-order valence-electron chi connectivity index (χ3n) is 5.39. The summed E-state index contributed by atoms with van der Waals surface area (Å²) in [5.41, 5.74) is -0.108. The first-order valence-corrected chi connectivity index (χ1v) is 7.56. The molecule has 0 aliphatic heterocycles. The summed E-state index contributed by atoms with van der Waals surface area (Å²) < 4.78 is 5.16. The number of carboxylic acids is 1. The number of hydrogen-bond donors (Lipinski definition) is 1. The van der Waals surface area contributed by atoms with Crippen LogP contribution >= 0.6 is 12.2 Å². The van der Waals surface area contributed by atoms with Crippen molar-refractivity contribution < 1.29 is 14.6 Å². The van der Waals surface area contributed by atoms with Gasteiger partial charge in [0.05, 0.1) is 12.5 Å². The summed E-state index contributed by atoms with van der Waals surface area (Å²) >= 11 is 5.66. The van der Waals surface area contributed by atoms with E-state index in [1.54, 1.807) is 7.11 Å². The Morgan fingerprint density at radius 1 is 1.29 bits per heavy atom. The van der Waals surface area contributed by atoms with Gasteiger partial charge in [-0.25, -0.2) is 0 Å². The maximum absolute atomic E-state index is 11.7. The minimum atomic E-state index is -0.729. The summed E-state index contributed by atoms with van der Waals surface area (Å²) in [6, 6.07) is 7.68. The molecular formula is C17H22O3S. The number of rotatable bonds is 4. The molecule has 0 radical (unpaired) electrons. The molecule has 1 aromatic rings. The van der Waals surface area contributed by atoms with Crippen LogP contribution in [0, 0.1) is 16.7 Å². The van der Waals surface area contributed by atoms with Crippen molar-refractivity contribution in [2.45, 2.75) is 33.6 Å². The van der Waals surface area contributed by atoms with Gasteiger partial charge >= 0.3 is 5.97 Å². The fraction of sp³-hybridized carbons (Fsp3) is 0.529. The van der Waals surface area contributed by atoms with Crippen molar-refractivity contribution >= 4 is 23.1 Å². The van der Waals surface area contributed by atoms with Crippen LogP contribution in [0.1, 0.15) is 39.2 Å². The summed E-state index contributed by atoms with van der Waals surface area (Å²) in [5.74, 6) is 0.164. The molecule has 0 bridgehead atoms. The first-order valence-electron chi connectivity index (χ1n) is 7.15. The van der Waals surface area contributed by atoms with Crippen LogP contribution in [-0.4, -0.2) is 23.1 Å². The standard InChI is InChI=1S/C17H22O3S/c1-16(2)13(9-10-17(16,3)15(18)19)14(21)11-5-7-12(20-4)8-6-11/h5-8,13H,9-10H2,1-4H3,(H,18,19). The fourth-order valence-corrected chi connectivity index (χ4v) is 3.85. The van der Waals surface area contributed by atoms with Crippen LogP contribution in [0.15, 0.2) is 24.3 Å². The van der Waals surface area contributed by atoms with E-state index < -0.39 is 11.4 Å². The SMILES string of the molecule is COc1ccc(C(=S)C2CCC(C)(C(=O)O)C2(C)C)cc1. The smallest absolute Gasteiger partial charge is 0.309 e. The van der Waals surface area contributed by atoms with Gasteiger partial charge in [-0.1, -0.05) is 38.2 Å². The number of hydrogen-bond acceptors (Lipinski definition) is 3. The number of ether oxygens (including phenoxy) is 1. The van der Waals surface area contributed by atoms with Crippen molar-refractivity contribution in [1.29, 1.82) is 0 Å². The second kappa shape index (κ2) is 5.41. The van der Waals surface area contributed by atoms with Crippen molar-refractivity contribution in [2.24, 2.45) is 16.7 Å². The molecule has 2 atom stereocenters. The maximum atomic E-state index is 11.7. The monoisotopic (exact) mass is 306 g/mol. The zero-order valence-corrected chi connectivity index (χ0v) is 13.8. The third-order valence-corrected chi connectivity index (χ3v) is 5.91. The summed E-state index contributed by atoms with van der Waals surface area (Å²) in [6.07, 6.45) is 1.48. The molecule has 1 fully saturated rings. The molecule has 3 nitrogen and oxygen atoms in total. The first kappa shape index (κ1) is 16.0. The Bertz CT molecular complexity index is 562. The molecule has 21 heavy (non-hydrogen) atoms. The van der Waals surface area contributed by atoms with E-state index in [9.17, 15) is 9.90 Å². The molecule has 0 amide bonds. The summed E-state index contributed by atoms with van der Waals surface area (Å²) in [5, 5.41) is 9.59. The lowest BCUT2D eigenvalue weighted by molar-refractivity contribution is -0.153. The topological polar surface area (TPSA) is 46.5 Å². The van der Waals surface area contributed by atoms with Crippen molar-refractivity contribution in [1.82, 2.24) is 0 Å². The highest BCUT2D eigenvalue weighted by Gasteiger charge is 2.57. The van der Waals surface area contributed by atoms with Crippen LogP contribution < -0.4 is 4.74 Å². The van der Waals surface area contributed by atoms with Crippen LogP contribution in [0.3, 0.4) is 0 Å². The van der Waals surface area contributed by atoms with E-state index in [-0.39, 0.29) is 11.3 Å². The van der Waals surface area contributed by atoms with Gasteiger partial charge in [0, 0.05) is 10.8 Å². The lowest BCUT2D eigenvalue weighted by Crippen LogP contribution is -2.42. The lowest BCUT2D eigenvalue weighted by atomic mass is 9.64. The summed E-state index contributed by atoms with van der Waals surface area (Å²) in [7, 11) is 1.63. The van der Waals surface area contributed by atoms with E-state index in [2.05, 4.69) is 0 Å². The Morgan fingerprint density at radius 3 is 2.29 bits per heavy atom. The van der Waals surface area contributed by atoms with Gasteiger partial charge in [-0.2, -0.15) is 0 Å². The largest absolute Gasteiger partial charge is 0.497 e. The number of benzene rings is 1. The number of carbonyl (C=O) groups is 1. The molecule has 2 rings (SSSR count). The van der Waals surface area contributed by atoms with Crippen molar-refractivity contribution in [3.63, 3.8) is 0 Å². The van der Waals surface area contributed by atoms with Crippen LogP contribution in [0.4, 0.5) is 0 Å². The molecule has 0 saturated heterocycles. The molecule has 2 unspecified atom stereocenters. The van der Waals surface area contributed by atoms with Crippen LogP contribution in [-0.2, 0) is 4.79 Å². The van der Waals surface area contributed by atoms with E-state index in [1.807, 2.05) is 45.0 Å². The van der Waals surface area contributed by atoms with E-state index in [4.69, 9.17) is 17.0 Å². The number of thiocarbonyl (C=S) groups is 1. The number of carboxylic acid groups (broad SMARTS) is 1. The highest BCUT2D eigenvalue weighted by atomic mass is 32.1. The Labute approximate surface area is 131 Å². The molecule has 1 saturated carbocycles. The highest BCUT2D eigenvalue weighted by Crippen LogP contribution is 2.57. The minimum absolute atomic E-state index is 0.0991. The zero-order chi connectivity index (χ0) is 15.8. The Balaban J connectivity index is 2.30. The van der Waals surface area contributed by atoms with Crippen LogP contribution in [0.25, 0.3) is 0 Å². The molecule has 0 aromatic heterocycles. The van der Waals surface area contributed by atoms with Gasteiger partial charge in [0.25, 0.3) is 0 Å². The molecule has 114 valence electrons. The molecule has 1 aliphatic rings. The van der Waals surface area contributed by atoms with E-state index in [1.165, 1.54) is 0 Å². The summed E-state index contributed by atoms with van der Waals surface area (Å²) in [6.45, 7) is 5.88. The minimum Gasteiger partial charge on any atom is -0.497 e. The molecule has 1 aliphatic carbocycles. The Kier molecular flexibility index (Phi) is 4.11. The number of methoxy groups -OCH3 is 1. The fourth-order valence-electron chi connectivity index (χ4n) is 3.30. The zero-order valence-electron chi connectivity index (χ0n) is 13.0. The molecule has 1 aromatic carbocycles. The van der Waals surface area contributed by atoms with Gasteiger partial charge in [0.1, 0.15) is 5.75 Å². The van der Waals surface area contributed by atoms with Gasteiger partial charge in [0.2, 0.25) is 0 Å². The van der Waals surface area contributed by atoms with Gasteiger partial charge in [0.15, 0.2) is 0 Å². The Morgan fingerprint density at radius 2 is 1.86 bits per heavy atom. The van der Waals surface area contributed by atoms with Crippen molar-refractivity contribution in [2.75, 3.05) is 7.11 Å². The third kappa shape index (κ3) is 2.46. The molecule has 0 spiro atoms. The highest BCUT2D eigenvalue weighted by molar-refractivity contribution is 7.80. The quantitative estimate of drug-likeness (QED) is 0.676. The van der Waals surface area contributed by atoms with Gasteiger partial charge in [-0.15, -0.1) is 0 Å². The second-order valence-electron chi connectivity index (χ2n) is 6.54. The van der Waals surface area contributed by atoms with Gasteiger partial charge in [-0.3, -0.25) is 4.79 Å². The molecular weight excluding hydrogens is 284 g/mol. The second-order valence-corrected chi connectivity index (χ2v) is 6.98.